The normalized spacial score (nSPS) is 18.6. The molecule has 6 nitrogen and oxygen atoms in total. The quantitative estimate of drug-likeness (QED) is 0.463. The minimum Gasteiger partial charge on any atom is -0.356 e. The predicted molar refractivity (Wildman–Crippen MR) is 124 cm³/mol. The molecule has 0 saturated carbocycles. The van der Waals surface area contributed by atoms with Gasteiger partial charge in [0.05, 0.1) is 0 Å². The van der Waals surface area contributed by atoms with Crippen LogP contribution in [0.15, 0.2) is 35.3 Å². The second-order valence-corrected chi connectivity index (χ2v) is 8.63. The van der Waals surface area contributed by atoms with Crippen LogP contribution in [0.5, 0.6) is 0 Å². The Bertz CT molecular complexity index is 582. The first kappa shape index (κ1) is 23.6. The topological polar surface area (TPSA) is 46.1 Å². The van der Waals surface area contributed by atoms with Crippen LogP contribution in [0.2, 0.25) is 0 Å². The van der Waals surface area contributed by atoms with E-state index < -0.39 is 0 Å². The van der Waals surface area contributed by atoms with Gasteiger partial charge in [0.2, 0.25) is 0 Å². The average Bonchev–Trinajstić information content (AvgIpc) is 2.72. The summed E-state index contributed by atoms with van der Waals surface area (Å²) in [7, 11) is 6.26. The van der Waals surface area contributed by atoms with Gasteiger partial charge in [-0.1, -0.05) is 37.3 Å². The van der Waals surface area contributed by atoms with Gasteiger partial charge in [-0.3, -0.25) is 9.89 Å². The largest absolute Gasteiger partial charge is 0.356 e. The van der Waals surface area contributed by atoms with E-state index in [2.05, 4.69) is 88.6 Å². The minimum absolute atomic E-state index is 0.511. The van der Waals surface area contributed by atoms with Gasteiger partial charge in [0.25, 0.3) is 0 Å². The van der Waals surface area contributed by atoms with E-state index in [0.29, 0.717) is 12.0 Å². The van der Waals surface area contributed by atoms with E-state index >= 15 is 0 Å². The molecule has 1 aromatic rings. The molecule has 2 N–H and O–H groups in total. The summed E-state index contributed by atoms with van der Waals surface area (Å²) in [5, 5.41) is 6.97. The summed E-state index contributed by atoms with van der Waals surface area (Å²) in [6.45, 7) is 13.4. The van der Waals surface area contributed by atoms with Crippen LogP contribution in [-0.4, -0.2) is 93.7 Å². The molecule has 2 unspecified atom stereocenters. The van der Waals surface area contributed by atoms with E-state index in [9.17, 15) is 0 Å². The number of piperazine rings is 1. The third-order valence-corrected chi connectivity index (χ3v) is 5.89. The predicted octanol–water partition coefficient (Wildman–Crippen LogP) is 1.95. The summed E-state index contributed by atoms with van der Waals surface area (Å²) in [5.74, 6) is 1.51. The zero-order chi connectivity index (χ0) is 21.1. The van der Waals surface area contributed by atoms with Crippen LogP contribution in [-0.2, 0) is 6.54 Å². The van der Waals surface area contributed by atoms with E-state index in [4.69, 9.17) is 0 Å². The first-order chi connectivity index (χ1) is 14.0. The molecular weight excluding hydrogens is 360 g/mol. The van der Waals surface area contributed by atoms with Gasteiger partial charge < -0.3 is 20.4 Å². The van der Waals surface area contributed by atoms with E-state index in [1.165, 1.54) is 31.7 Å². The number of nitrogens with one attached hydrogen (secondary N) is 2. The lowest BCUT2D eigenvalue weighted by atomic mass is 10.1. The summed E-state index contributed by atoms with van der Waals surface area (Å²) < 4.78 is 0. The Morgan fingerprint density at radius 3 is 2.45 bits per heavy atom. The molecule has 1 heterocycles. The molecule has 0 bridgehead atoms. The smallest absolute Gasteiger partial charge is 0.190 e. The van der Waals surface area contributed by atoms with E-state index in [1.54, 1.807) is 0 Å². The van der Waals surface area contributed by atoms with Gasteiger partial charge >= 0.3 is 0 Å². The SMILES string of the molecule is CN=C(NCCC(C)N(C)Cc1ccccc1)NCC(C)CN1CCN(C)CC1. The molecule has 1 fully saturated rings. The summed E-state index contributed by atoms with van der Waals surface area (Å²) in [4.78, 5) is 11.8. The van der Waals surface area contributed by atoms with Gasteiger partial charge in [-0.2, -0.15) is 0 Å². The zero-order valence-corrected chi connectivity index (χ0v) is 19.2. The van der Waals surface area contributed by atoms with Gasteiger partial charge in [0.15, 0.2) is 5.96 Å². The molecule has 0 amide bonds. The fraction of sp³-hybridized carbons (Fsp3) is 0.696. The lowest BCUT2D eigenvalue weighted by Gasteiger charge is -2.34. The summed E-state index contributed by atoms with van der Waals surface area (Å²) in [5.41, 5.74) is 1.36. The minimum atomic E-state index is 0.511. The Labute approximate surface area is 178 Å². The molecule has 29 heavy (non-hydrogen) atoms. The van der Waals surface area contributed by atoms with Gasteiger partial charge in [-0.15, -0.1) is 0 Å². The lowest BCUT2D eigenvalue weighted by Crippen LogP contribution is -2.47. The fourth-order valence-corrected chi connectivity index (χ4v) is 3.67. The number of guanidine groups is 1. The van der Waals surface area contributed by atoms with E-state index in [1.807, 2.05) is 7.05 Å². The Balaban J connectivity index is 1.61. The van der Waals surface area contributed by atoms with Crippen LogP contribution in [0.3, 0.4) is 0 Å². The monoisotopic (exact) mass is 402 g/mol. The Morgan fingerprint density at radius 2 is 1.79 bits per heavy atom. The van der Waals surface area contributed by atoms with Crippen LogP contribution < -0.4 is 10.6 Å². The van der Waals surface area contributed by atoms with Gasteiger partial charge in [-0.25, -0.2) is 0 Å². The molecule has 0 radical (unpaired) electrons. The maximum absolute atomic E-state index is 4.39. The molecule has 0 spiro atoms. The number of rotatable bonds is 10. The van der Waals surface area contributed by atoms with Crippen LogP contribution in [0.4, 0.5) is 0 Å². The van der Waals surface area contributed by atoms with Crippen molar-refractivity contribution in [1.29, 1.82) is 0 Å². The number of benzene rings is 1. The molecule has 6 heteroatoms. The maximum Gasteiger partial charge on any atom is 0.190 e. The number of likely N-dealkylation sites (N-methyl/N-ethyl adjacent to an activating group) is 1. The second-order valence-electron chi connectivity index (χ2n) is 8.63. The fourth-order valence-electron chi connectivity index (χ4n) is 3.67. The summed E-state index contributed by atoms with van der Waals surface area (Å²) in [6, 6.07) is 11.2. The van der Waals surface area contributed by atoms with Crippen LogP contribution in [0.25, 0.3) is 0 Å². The zero-order valence-electron chi connectivity index (χ0n) is 19.2. The van der Waals surface area contributed by atoms with Gasteiger partial charge in [0.1, 0.15) is 0 Å². The van der Waals surface area contributed by atoms with Crippen molar-refractivity contribution in [3.8, 4) is 0 Å². The molecule has 0 aliphatic carbocycles. The number of nitrogens with zero attached hydrogens (tertiary/aromatic N) is 4. The van der Waals surface area contributed by atoms with Crippen molar-refractivity contribution in [3.63, 3.8) is 0 Å². The molecule has 1 aliphatic rings. The van der Waals surface area contributed by atoms with Crippen molar-refractivity contribution < 1.29 is 0 Å². The average molecular weight is 403 g/mol. The number of hydrogen-bond donors (Lipinski definition) is 2. The van der Waals surface area contributed by atoms with Crippen molar-refractivity contribution in [2.45, 2.75) is 32.9 Å². The molecular formula is C23H42N6. The van der Waals surface area contributed by atoms with Crippen molar-refractivity contribution in [2.24, 2.45) is 10.9 Å². The molecule has 164 valence electrons. The van der Waals surface area contributed by atoms with Crippen LogP contribution in [0, 0.1) is 5.92 Å². The van der Waals surface area contributed by atoms with Gasteiger partial charge in [0, 0.05) is 65.4 Å². The Kier molecular flexibility index (Phi) is 10.5. The molecule has 0 aromatic heterocycles. The van der Waals surface area contributed by atoms with Crippen molar-refractivity contribution in [2.75, 3.05) is 67.0 Å². The standard InChI is InChI=1S/C23H42N6/c1-20(18-29-15-13-27(4)14-16-29)17-26-23(24-3)25-12-11-21(2)28(5)19-22-9-7-6-8-10-22/h6-10,20-21H,11-19H2,1-5H3,(H2,24,25,26). The van der Waals surface area contributed by atoms with Crippen molar-refractivity contribution in [1.82, 2.24) is 25.3 Å². The Morgan fingerprint density at radius 1 is 1.10 bits per heavy atom. The lowest BCUT2D eigenvalue weighted by molar-refractivity contribution is 0.139. The third-order valence-electron chi connectivity index (χ3n) is 5.89. The summed E-state index contributed by atoms with van der Waals surface area (Å²) >= 11 is 0. The molecule has 2 atom stereocenters. The molecule has 1 aliphatic heterocycles. The maximum atomic E-state index is 4.39. The molecule has 1 aromatic carbocycles. The van der Waals surface area contributed by atoms with Crippen molar-refractivity contribution >= 4 is 5.96 Å². The van der Waals surface area contributed by atoms with E-state index in [0.717, 1.165) is 38.6 Å². The van der Waals surface area contributed by atoms with E-state index in [-0.39, 0.29) is 0 Å². The highest BCUT2D eigenvalue weighted by Gasteiger charge is 2.16. The number of aliphatic imine (C=N–C) groups is 1. The first-order valence-corrected chi connectivity index (χ1v) is 11.1. The second kappa shape index (κ2) is 12.8. The third kappa shape index (κ3) is 9.15. The Hall–Kier alpha value is -1.63. The van der Waals surface area contributed by atoms with Gasteiger partial charge in [-0.05, 0) is 38.9 Å². The molecule has 1 saturated heterocycles. The molecule has 2 rings (SSSR count). The number of hydrogen-bond acceptors (Lipinski definition) is 4. The summed E-state index contributed by atoms with van der Waals surface area (Å²) in [6.07, 6.45) is 1.08. The highest BCUT2D eigenvalue weighted by Crippen LogP contribution is 2.08. The van der Waals surface area contributed by atoms with Crippen LogP contribution in [0.1, 0.15) is 25.8 Å². The highest BCUT2D eigenvalue weighted by atomic mass is 15.2. The van der Waals surface area contributed by atoms with Crippen LogP contribution >= 0.6 is 0 Å². The first-order valence-electron chi connectivity index (χ1n) is 11.1. The highest BCUT2D eigenvalue weighted by molar-refractivity contribution is 5.79. The van der Waals surface area contributed by atoms with Crippen molar-refractivity contribution in [3.05, 3.63) is 35.9 Å².